The van der Waals surface area contributed by atoms with Crippen LogP contribution in [0.3, 0.4) is 0 Å². The Labute approximate surface area is 153 Å². The van der Waals surface area contributed by atoms with E-state index in [2.05, 4.69) is 25.3 Å². The van der Waals surface area contributed by atoms with E-state index in [9.17, 15) is 9.59 Å². The number of ether oxygens (including phenoxy) is 1. The fourth-order valence-corrected chi connectivity index (χ4v) is 2.53. The molecule has 8 nitrogen and oxygen atoms in total. The first-order valence-electron chi connectivity index (χ1n) is 7.54. The maximum Gasteiger partial charge on any atom is 0.338 e. The molecule has 0 aliphatic carbocycles. The van der Waals surface area contributed by atoms with Crippen LogP contribution in [0.25, 0.3) is 5.69 Å². The standard InChI is InChI=1S/C17H14ClN5O3/c1-10-15(21-22-23(10)13-6-4-3-5-12(13)18)16(24)20-14-9-11(7-8-19-14)17(25)26-2/h3-9H,1-2H3,(H,19,20,24). The van der Waals surface area contributed by atoms with Gasteiger partial charge >= 0.3 is 5.97 Å². The zero-order valence-corrected chi connectivity index (χ0v) is 14.7. The van der Waals surface area contributed by atoms with Crippen molar-refractivity contribution in [2.75, 3.05) is 12.4 Å². The molecule has 0 bridgehead atoms. The average molecular weight is 372 g/mol. The second-order valence-electron chi connectivity index (χ2n) is 5.26. The summed E-state index contributed by atoms with van der Waals surface area (Å²) in [5, 5.41) is 11.0. The SMILES string of the molecule is COC(=O)c1ccnc(NC(=O)c2nnn(-c3ccccc3Cl)c2C)c1. The topological polar surface area (TPSA) is 99.0 Å². The first-order valence-corrected chi connectivity index (χ1v) is 7.92. The van der Waals surface area contributed by atoms with Crippen molar-refractivity contribution in [3.63, 3.8) is 0 Å². The summed E-state index contributed by atoms with van der Waals surface area (Å²) in [5.41, 5.74) is 1.52. The smallest absolute Gasteiger partial charge is 0.338 e. The second-order valence-corrected chi connectivity index (χ2v) is 5.67. The van der Waals surface area contributed by atoms with E-state index in [-0.39, 0.29) is 17.1 Å². The molecule has 1 N–H and O–H groups in total. The lowest BCUT2D eigenvalue weighted by Crippen LogP contribution is -2.15. The van der Waals surface area contributed by atoms with Crippen molar-refractivity contribution in [3.8, 4) is 5.69 Å². The van der Waals surface area contributed by atoms with Gasteiger partial charge in [-0.1, -0.05) is 28.9 Å². The molecule has 132 valence electrons. The van der Waals surface area contributed by atoms with Gasteiger partial charge in [0.05, 0.1) is 29.1 Å². The third-order valence-electron chi connectivity index (χ3n) is 3.61. The molecule has 2 heterocycles. The van der Waals surface area contributed by atoms with Crippen molar-refractivity contribution in [2.45, 2.75) is 6.92 Å². The maximum absolute atomic E-state index is 12.5. The Morgan fingerprint density at radius 3 is 2.73 bits per heavy atom. The molecule has 0 unspecified atom stereocenters. The molecular formula is C17H14ClN5O3. The second kappa shape index (κ2) is 7.32. The Morgan fingerprint density at radius 2 is 2.00 bits per heavy atom. The summed E-state index contributed by atoms with van der Waals surface area (Å²) < 4.78 is 6.13. The number of pyridine rings is 1. The molecule has 1 aromatic carbocycles. The number of rotatable bonds is 4. The molecule has 3 aromatic rings. The number of benzene rings is 1. The number of anilines is 1. The summed E-state index contributed by atoms with van der Waals surface area (Å²) in [7, 11) is 1.28. The summed E-state index contributed by atoms with van der Waals surface area (Å²) in [6.45, 7) is 1.70. The zero-order chi connectivity index (χ0) is 18.7. The van der Waals surface area contributed by atoms with Crippen LogP contribution < -0.4 is 5.32 Å². The molecule has 0 saturated heterocycles. The van der Waals surface area contributed by atoms with Crippen LogP contribution in [-0.4, -0.2) is 39.0 Å². The predicted octanol–water partition coefficient (Wildman–Crippen LogP) is 2.66. The van der Waals surface area contributed by atoms with Crippen LogP contribution in [-0.2, 0) is 4.74 Å². The van der Waals surface area contributed by atoms with Crippen molar-refractivity contribution in [2.24, 2.45) is 0 Å². The number of nitrogens with one attached hydrogen (secondary N) is 1. The van der Waals surface area contributed by atoms with Gasteiger partial charge in [-0.3, -0.25) is 4.79 Å². The first kappa shape index (κ1) is 17.6. The van der Waals surface area contributed by atoms with Gasteiger partial charge in [0, 0.05) is 6.20 Å². The molecule has 3 rings (SSSR count). The lowest BCUT2D eigenvalue weighted by molar-refractivity contribution is 0.0600. The molecule has 0 spiro atoms. The van der Waals surface area contributed by atoms with Gasteiger partial charge in [0.15, 0.2) is 5.69 Å². The monoisotopic (exact) mass is 371 g/mol. The van der Waals surface area contributed by atoms with Crippen LogP contribution in [0.5, 0.6) is 0 Å². The highest BCUT2D eigenvalue weighted by atomic mass is 35.5. The van der Waals surface area contributed by atoms with Crippen LogP contribution in [0.2, 0.25) is 5.02 Å². The highest BCUT2D eigenvalue weighted by molar-refractivity contribution is 6.32. The van der Waals surface area contributed by atoms with Gasteiger partial charge in [0.25, 0.3) is 5.91 Å². The number of hydrogen-bond donors (Lipinski definition) is 1. The van der Waals surface area contributed by atoms with Crippen molar-refractivity contribution in [1.29, 1.82) is 0 Å². The first-order chi connectivity index (χ1) is 12.5. The number of carbonyl (C=O) groups excluding carboxylic acids is 2. The molecule has 0 aliphatic rings. The highest BCUT2D eigenvalue weighted by Gasteiger charge is 2.19. The minimum atomic E-state index is -0.524. The molecule has 0 fully saturated rings. The van der Waals surface area contributed by atoms with E-state index in [0.717, 1.165) is 0 Å². The van der Waals surface area contributed by atoms with E-state index in [4.69, 9.17) is 11.6 Å². The summed E-state index contributed by atoms with van der Waals surface area (Å²) in [4.78, 5) is 28.1. The van der Waals surface area contributed by atoms with Gasteiger partial charge < -0.3 is 10.1 Å². The van der Waals surface area contributed by atoms with Crippen LogP contribution >= 0.6 is 11.6 Å². The van der Waals surface area contributed by atoms with Crippen LogP contribution in [0.4, 0.5) is 5.82 Å². The number of amides is 1. The Bertz CT molecular complexity index is 986. The van der Waals surface area contributed by atoms with Gasteiger partial charge in [-0.15, -0.1) is 5.10 Å². The molecule has 9 heteroatoms. The van der Waals surface area contributed by atoms with Crippen molar-refractivity contribution >= 4 is 29.3 Å². The molecule has 0 atom stereocenters. The molecule has 0 aliphatic heterocycles. The van der Waals surface area contributed by atoms with Crippen LogP contribution in [0.15, 0.2) is 42.6 Å². The number of para-hydroxylation sites is 1. The van der Waals surface area contributed by atoms with Gasteiger partial charge in [0.1, 0.15) is 5.82 Å². The van der Waals surface area contributed by atoms with Crippen molar-refractivity contribution in [1.82, 2.24) is 20.0 Å². The van der Waals surface area contributed by atoms with Gasteiger partial charge in [-0.2, -0.15) is 0 Å². The van der Waals surface area contributed by atoms with Gasteiger partial charge in [-0.25, -0.2) is 14.5 Å². The Kier molecular flexibility index (Phi) is 4.94. The number of halogens is 1. The summed E-state index contributed by atoms with van der Waals surface area (Å²) in [6, 6.07) is 10.0. The van der Waals surface area contributed by atoms with Gasteiger partial charge in [-0.05, 0) is 31.2 Å². The summed E-state index contributed by atoms with van der Waals surface area (Å²) in [5.74, 6) is -0.830. The van der Waals surface area contributed by atoms with Crippen LogP contribution in [0.1, 0.15) is 26.5 Å². The molecular weight excluding hydrogens is 358 g/mol. The van der Waals surface area contributed by atoms with E-state index in [0.29, 0.717) is 16.4 Å². The number of aromatic nitrogens is 4. The molecule has 0 radical (unpaired) electrons. The van der Waals surface area contributed by atoms with E-state index in [1.54, 1.807) is 25.1 Å². The molecule has 0 saturated carbocycles. The minimum Gasteiger partial charge on any atom is -0.465 e. The fourth-order valence-electron chi connectivity index (χ4n) is 2.31. The third-order valence-corrected chi connectivity index (χ3v) is 3.93. The minimum absolute atomic E-state index is 0.121. The van der Waals surface area contributed by atoms with Crippen LogP contribution in [0, 0.1) is 6.92 Å². The number of esters is 1. The van der Waals surface area contributed by atoms with E-state index in [1.165, 1.54) is 30.1 Å². The number of carbonyl (C=O) groups is 2. The summed E-state index contributed by atoms with van der Waals surface area (Å²) in [6.07, 6.45) is 1.40. The predicted molar refractivity (Wildman–Crippen MR) is 94.6 cm³/mol. The molecule has 26 heavy (non-hydrogen) atoms. The Morgan fingerprint density at radius 1 is 1.23 bits per heavy atom. The normalized spacial score (nSPS) is 10.4. The quantitative estimate of drug-likeness (QED) is 0.708. The van der Waals surface area contributed by atoms with E-state index in [1.807, 2.05) is 6.07 Å². The average Bonchev–Trinajstić information content (AvgIpc) is 3.03. The third kappa shape index (κ3) is 3.40. The number of nitrogens with zero attached hydrogens (tertiary/aromatic N) is 4. The lowest BCUT2D eigenvalue weighted by Gasteiger charge is -2.06. The van der Waals surface area contributed by atoms with E-state index >= 15 is 0 Å². The largest absolute Gasteiger partial charge is 0.465 e. The molecule has 1 amide bonds. The summed E-state index contributed by atoms with van der Waals surface area (Å²) >= 11 is 6.17. The number of hydrogen-bond acceptors (Lipinski definition) is 6. The zero-order valence-electron chi connectivity index (χ0n) is 13.9. The number of methoxy groups -OCH3 is 1. The Balaban J connectivity index is 1.86. The lowest BCUT2D eigenvalue weighted by atomic mass is 10.2. The maximum atomic E-state index is 12.5. The highest BCUT2D eigenvalue weighted by Crippen LogP contribution is 2.21. The fraction of sp³-hybridized carbons (Fsp3) is 0.118. The van der Waals surface area contributed by atoms with Gasteiger partial charge in [0.2, 0.25) is 0 Å². The van der Waals surface area contributed by atoms with Crippen molar-refractivity contribution < 1.29 is 14.3 Å². The van der Waals surface area contributed by atoms with Crippen molar-refractivity contribution in [3.05, 3.63) is 64.6 Å². The Hall–Kier alpha value is -3.26. The van der Waals surface area contributed by atoms with E-state index < -0.39 is 11.9 Å². The molecule has 2 aromatic heterocycles.